The number of rotatable bonds is 5. The van der Waals surface area contributed by atoms with E-state index in [-0.39, 0.29) is 0 Å². The van der Waals surface area contributed by atoms with Crippen LogP contribution in [0.2, 0.25) is 0 Å². The molecule has 0 saturated heterocycles. The maximum Gasteiger partial charge on any atom is 0.250 e. The van der Waals surface area contributed by atoms with Crippen LogP contribution >= 0.6 is 0 Å². The van der Waals surface area contributed by atoms with Gasteiger partial charge in [-0.2, -0.15) is 0 Å². The molecule has 0 aliphatic carbocycles. The van der Waals surface area contributed by atoms with Crippen molar-refractivity contribution in [2.24, 2.45) is 0 Å². The largest absolute Gasteiger partial charge is 0.308 e. The molecule has 2 aromatic carbocycles. The van der Waals surface area contributed by atoms with Gasteiger partial charge in [0.1, 0.15) is 0 Å². The molecule has 2 rings (SSSR count). The van der Waals surface area contributed by atoms with Gasteiger partial charge in [-0.1, -0.05) is 48.5 Å². The number of nitrogens with one attached hydrogen (secondary N) is 2. The Morgan fingerprint density at radius 2 is 1.42 bits per heavy atom. The minimum atomic E-state index is -3.52. The number of hydrogen-bond donors (Lipinski definition) is 2. The highest BCUT2D eigenvalue weighted by Gasteiger charge is 2.03. The van der Waals surface area contributed by atoms with Crippen molar-refractivity contribution in [1.82, 2.24) is 4.83 Å². The molecule has 0 radical (unpaired) electrons. The second kappa shape index (κ2) is 6.17. The summed E-state index contributed by atoms with van der Waals surface area (Å²) in [5, 5.41) is 1.12. The Bertz CT molecular complexity index is 638. The molecule has 0 amide bonds. The zero-order chi connectivity index (χ0) is 13.6. The van der Waals surface area contributed by atoms with Gasteiger partial charge in [0, 0.05) is 11.1 Å². The topological polar surface area (TPSA) is 58.2 Å². The quantitative estimate of drug-likeness (QED) is 0.824. The van der Waals surface area contributed by atoms with Crippen molar-refractivity contribution in [3.63, 3.8) is 0 Å². The molecule has 0 fully saturated rings. The van der Waals surface area contributed by atoms with Crippen molar-refractivity contribution in [3.8, 4) is 0 Å². The van der Waals surface area contributed by atoms with E-state index >= 15 is 0 Å². The van der Waals surface area contributed by atoms with Gasteiger partial charge in [-0.25, -0.2) is 8.42 Å². The molecule has 19 heavy (non-hydrogen) atoms. The monoisotopic (exact) mass is 274 g/mol. The zero-order valence-electron chi connectivity index (χ0n) is 10.2. The fraction of sp³-hybridized carbons (Fsp3) is 0. The average molecular weight is 274 g/mol. The lowest BCUT2D eigenvalue weighted by Crippen LogP contribution is -2.27. The SMILES string of the molecule is O=S(=O)(C=Cc1ccccc1)NNc1ccccc1. The summed E-state index contributed by atoms with van der Waals surface area (Å²) < 4.78 is 23.4. The second-order valence-corrected chi connectivity index (χ2v) is 5.42. The molecule has 98 valence electrons. The summed E-state index contributed by atoms with van der Waals surface area (Å²) in [7, 11) is -3.52. The normalized spacial score (nSPS) is 11.6. The van der Waals surface area contributed by atoms with Gasteiger partial charge in [-0.3, -0.25) is 0 Å². The second-order valence-electron chi connectivity index (χ2n) is 3.85. The van der Waals surface area contributed by atoms with Crippen LogP contribution in [0.4, 0.5) is 5.69 Å². The fourth-order valence-electron chi connectivity index (χ4n) is 1.42. The van der Waals surface area contributed by atoms with E-state index in [0.717, 1.165) is 11.0 Å². The van der Waals surface area contributed by atoms with Crippen molar-refractivity contribution >= 4 is 21.8 Å². The Balaban J connectivity index is 1.98. The lowest BCUT2D eigenvalue weighted by atomic mass is 10.2. The van der Waals surface area contributed by atoms with Crippen LogP contribution in [0, 0.1) is 0 Å². The van der Waals surface area contributed by atoms with Gasteiger partial charge in [-0.15, -0.1) is 4.83 Å². The third-order valence-electron chi connectivity index (χ3n) is 2.35. The molecule has 0 aromatic heterocycles. The van der Waals surface area contributed by atoms with Crippen LogP contribution in [0.3, 0.4) is 0 Å². The van der Waals surface area contributed by atoms with E-state index in [1.807, 2.05) is 48.5 Å². The highest BCUT2D eigenvalue weighted by Crippen LogP contribution is 2.05. The van der Waals surface area contributed by atoms with E-state index < -0.39 is 10.0 Å². The summed E-state index contributed by atoms with van der Waals surface area (Å²) in [5.41, 5.74) is 4.14. The van der Waals surface area contributed by atoms with Crippen LogP contribution in [0.5, 0.6) is 0 Å². The molecular formula is C14H14N2O2S. The lowest BCUT2D eigenvalue weighted by Gasteiger charge is -2.05. The first-order valence-corrected chi connectivity index (χ1v) is 7.26. The summed E-state index contributed by atoms with van der Waals surface area (Å²) in [6.07, 6.45) is 1.54. The van der Waals surface area contributed by atoms with Crippen molar-refractivity contribution in [2.45, 2.75) is 0 Å². The average Bonchev–Trinajstić information content (AvgIpc) is 2.46. The smallest absolute Gasteiger partial charge is 0.250 e. The van der Waals surface area contributed by atoms with E-state index in [9.17, 15) is 8.42 Å². The van der Waals surface area contributed by atoms with Gasteiger partial charge in [0.25, 0.3) is 0 Å². The van der Waals surface area contributed by atoms with Crippen LogP contribution in [0.15, 0.2) is 66.1 Å². The van der Waals surface area contributed by atoms with E-state index in [2.05, 4.69) is 10.3 Å². The first kappa shape index (κ1) is 13.3. The molecule has 2 aromatic rings. The Morgan fingerprint density at radius 3 is 2.05 bits per heavy atom. The third-order valence-corrected chi connectivity index (χ3v) is 3.23. The lowest BCUT2D eigenvalue weighted by molar-refractivity contribution is 0.597. The van der Waals surface area contributed by atoms with Crippen molar-refractivity contribution in [3.05, 3.63) is 71.6 Å². The molecule has 0 aliphatic heterocycles. The first-order chi connectivity index (χ1) is 9.16. The molecule has 0 aliphatic rings. The predicted molar refractivity (Wildman–Crippen MR) is 77.6 cm³/mol. The van der Waals surface area contributed by atoms with E-state index in [4.69, 9.17) is 0 Å². The first-order valence-electron chi connectivity index (χ1n) is 5.72. The van der Waals surface area contributed by atoms with E-state index in [1.54, 1.807) is 12.1 Å². The van der Waals surface area contributed by atoms with Crippen LogP contribution in [-0.4, -0.2) is 8.42 Å². The third kappa shape index (κ3) is 4.57. The number of para-hydroxylation sites is 1. The van der Waals surface area contributed by atoms with Gasteiger partial charge in [0.15, 0.2) is 0 Å². The highest BCUT2D eigenvalue weighted by atomic mass is 32.2. The summed E-state index contributed by atoms with van der Waals surface area (Å²) in [5.74, 6) is 0. The number of benzene rings is 2. The maximum absolute atomic E-state index is 11.7. The molecule has 4 nitrogen and oxygen atoms in total. The molecular weight excluding hydrogens is 260 g/mol. The molecule has 2 N–H and O–H groups in total. The van der Waals surface area contributed by atoms with Crippen LogP contribution in [-0.2, 0) is 10.0 Å². The van der Waals surface area contributed by atoms with Gasteiger partial charge in [-0.05, 0) is 23.8 Å². The van der Waals surface area contributed by atoms with Gasteiger partial charge in [0.05, 0.1) is 0 Å². The molecule has 0 bridgehead atoms. The van der Waals surface area contributed by atoms with Gasteiger partial charge >= 0.3 is 0 Å². The molecule has 0 atom stereocenters. The molecule has 0 saturated carbocycles. The number of hydrazine groups is 1. The Hall–Kier alpha value is -2.11. The Kier molecular flexibility index (Phi) is 4.33. The maximum atomic E-state index is 11.7. The van der Waals surface area contributed by atoms with E-state index in [0.29, 0.717) is 5.69 Å². The molecule has 5 heteroatoms. The number of hydrogen-bond acceptors (Lipinski definition) is 3. The number of sulfonamides is 1. The van der Waals surface area contributed by atoms with Crippen LogP contribution < -0.4 is 10.3 Å². The summed E-state index contributed by atoms with van der Waals surface area (Å²) in [6.45, 7) is 0. The number of anilines is 1. The Labute approximate surface area is 112 Å². The molecule has 0 spiro atoms. The van der Waals surface area contributed by atoms with Crippen molar-refractivity contribution < 1.29 is 8.42 Å². The molecule has 0 heterocycles. The zero-order valence-corrected chi connectivity index (χ0v) is 11.0. The predicted octanol–water partition coefficient (Wildman–Crippen LogP) is 2.60. The van der Waals surface area contributed by atoms with Crippen LogP contribution in [0.25, 0.3) is 6.08 Å². The van der Waals surface area contributed by atoms with Gasteiger partial charge in [0.2, 0.25) is 10.0 Å². The Morgan fingerprint density at radius 1 is 0.842 bits per heavy atom. The van der Waals surface area contributed by atoms with E-state index in [1.165, 1.54) is 6.08 Å². The highest BCUT2D eigenvalue weighted by molar-refractivity contribution is 7.92. The molecule has 0 unspecified atom stereocenters. The standard InChI is InChI=1S/C14H14N2O2S/c17-19(18,12-11-13-7-3-1-4-8-13)16-15-14-9-5-2-6-10-14/h1-12,15-16H. The van der Waals surface area contributed by atoms with Crippen LogP contribution in [0.1, 0.15) is 5.56 Å². The fourth-order valence-corrected chi connectivity index (χ4v) is 2.08. The summed E-state index contributed by atoms with van der Waals surface area (Å²) >= 11 is 0. The minimum absolute atomic E-state index is 0.680. The minimum Gasteiger partial charge on any atom is -0.308 e. The van der Waals surface area contributed by atoms with Gasteiger partial charge < -0.3 is 5.43 Å². The van der Waals surface area contributed by atoms with Crippen molar-refractivity contribution in [2.75, 3.05) is 5.43 Å². The summed E-state index contributed by atoms with van der Waals surface area (Å²) in [6, 6.07) is 18.3. The summed E-state index contributed by atoms with van der Waals surface area (Å²) in [4.78, 5) is 2.28. The van der Waals surface area contributed by atoms with Crippen molar-refractivity contribution in [1.29, 1.82) is 0 Å².